The fourth-order valence-corrected chi connectivity index (χ4v) is 13.9. The standard InChI is InChI=1S/C17H24FN5O.2C15H22FN5O.C15H23N5O.C14H19F2N5O.C14H21N5O/c1-3-4-6-13(12(10-18)9-11(2)24)21-16-15-14(7-5-8-20-15)22-17(19)23-16;2*1-4-5-6-15(3,9(2)22)21-13-12-11(19-14(17)20-13)7-10(16)8-18-12;1-4-5-8-15(3,10(2)21)20-13-12-11(7-6-9-17-12)18-14(16)19-13;1-2-3-5-9(11(22)12(15)16)19-13-10-8(6-4-7-18-10)20-14(17)21-13;1-3-4-7-14(2,9-20)19-12-11-10(6-5-8-16-11)17-13(15)18-12/h5,7-8,12-13H,3-4,6,9-10H2,1-2H3,(H3,19,21,22,23);2*7-9,22H,4-6H2,1-3H3,(H3,17,19,20,21);6-7,9-10,21H,4-5,8H2,1-3H3,(H3,16,18,19,20);4,6-7,9,11-12,22H,2-3,5H2,1H3,(H3,17,19,20,21);5-6,8,20H,3-4,7,9H2,1-2H3,(H3,15,17,18,19)/t12?,13-;2*9?,15-;10?,15-;9-,11?;14-/m111011/s1. The van der Waals surface area contributed by atoms with Gasteiger partial charge in [-0.3, -0.25) is 24.3 Å². The molecule has 0 spiro atoms. The highest BCUT2D eigenvalue weighted by Gasteiger charge is 2.35. The Morgan fingerprint density at radius 2 is 0.687 bits per heavy atom. The summed E-state index contributed by atoms with van der Waals surface area (Å²) < 4.78 is 65.8. The van der Waals surface area contributed by atoms with Crippen LogP contribution in [0.1, 0.15) is 219 Å². The number of nitrogens with one attached hydrogen (secondary N) is 6. The van der Waals surface area contributed by atoms with E-state index in [-0.39, 0.29) is 66.4 Å². The number of pyridine rings is 6. The first-order valence-electron chi connectivity index (χ1n) is 44.4. The Labute approximate surface area is 760 Å². The number of hydrogen-bond acceptors (Lipinski definition) is 36. The molecule has 0 aliphatic rings. The smallest absolute Gasteiger partial charge is 0.266 e. The van der Waals surface area contributed by atoms with E-state index < -0.39 is 83.3 Å². The molecule has 0 aliphatic heterocycles. The van der Waals surface area contributed by atoms with Crippen LogP contribution in [0.3, 0.4) is 0 Å². The van der Waals surface area contributed by atoms with Crippen molar-refractivity contribution in [2.45, 2.75) is 284 Å². The van der Waals surface area contributed by atoms with E-state index in [0.29, 0.717) is 108 Å². The lowest BCUT2D eigenvalue weighted by atomic mass is 9.89. The Hall–Kier alpha value is -12.3. The Morgan fingerprint density at radius 3 is 0.985 bits per heavy atom. The van der Waals surface area contributed by atoms with Gasteiger partial charge in [0.15, 0.2) is 34.9 Å². The number of nitrogens with two attached hydrogens (primary N) is 6. The van der Waals surface area contributed by atoms with Crippen molar-refractivity contribution >= 4 is 143 Å². The molecule has 0 amide bonds. The van der Waals surface area contributed by atoms with Crippen molar-refractivity contribution in [1.29, 1.82) is 0 Å². The molecule has 41 heteroatoms. The van der Waals surface area contributed by atoms with Crippen molar-refractivity contribution in [1.82, 2.24) is 89.7 Å². The van der Waals surface area contributed by atoms with Crippen LogP contribution >= 0.6 is 0 Å². The molecule has 5 unspecified atom stereocenters. The van der Waals surface area contributed by atoms with Gasteiger partial charge in [-0.1, -0.05) is 119 Å². The molecule has 131 heavy (non-hydrogen) atoms. The minimum Gasteiger partial charge on any atom is -0.394 e. The highest BCUT2D eigenvalue weighted by Crippen LogP contribution is 2.34. The fourth-order valence-electron chi connectivity index (χ4n) is 13.9. The molecule has 0 aromatic carbocycles. The molecule has 11 atom stereocenters. The number of ketones is 1. The van der Waals surface area contributed by atoms with E-state index in [2.05, 4.69) is 156 Å². The lowest BCUT2D eigenvalue weighted by molar-refractivity contribution is -0.118. The predicted molar refractivity (Wildman–Crippen MR) is 509 cm³/mol. The molecule has 0 bridgehead atoms. The van der Waals surface area contributed by atoms with E-state index in [1.54, 1.807) is 75.9 Å². The zero-order valence-corrected chi connectivity index (χ0v) is 77.3. The van der Waals surface area contributed by atoms with Gasteiger partial charge in [0, 0.05) is 55.3 Å². The van der Waals surface area contributed by atoms with Crippen molar-refractivity contribution in [2.24, 2.45) is 5.92 Å². The largest absolute Gasteiger partial charge is 0.394 e. The van der Waals surface area contributed by atoms with Crippen LogP contribution in [0.2, 0.25) is 0 Å². The lowest BCUT2D eigenvalue weighted by Gasteiger charge is -2.34. The molecule has 12 aromatic heterocycles. The Bertz CT molecular complexity index is 5470. The molecule has 0 aliphatic carbocycles. The highest BCUT2D eigenvalue weighted by molar-refractivity contribution is 5.90. The van der Waals surface area contributed by atoms with E-state index >= 15 is 0 Å². The van der Waals surface area contributed by atoms with E-state index in [9.17, 15) is 52.3 Å². The van der Waals surface area contributed by atoms with Gasteiger partial charge in [0.05, 0.1) is 105 Å². The van der Waals surface area contributed by atoms with Crippen molar-refractivity contribution in [3.05, 3.63) is 109 Å². The van der Waals surface area contributed by atoms with Gasteiger partial charge in [-0.2, -0.15) is 29.9 Å². The van der Waals surface area contributed by atoms with Crippen molar-refractivity contribution < 1.29 is 52.3 Å². The Balaban J connectivity index is 0.000000215. The van der Waals surface area contributed by atoms with Crippen LogP contribution in [-0.2, 0) is 4.79 Å². The van der Waals surface area contributed by atoms with Gasteiger partial charge < -0.3 is 96.6 Å². The summed E-state index contributed by atoms with van der Waals surface area (Å²) in [6.07, 6.45) is 18.5. The molecule has 36 nitrogen and oxygen atoms in total. The number of carbonyl (C=O) groups excluding carboxylic acids is 1. The first-order chi connectivity index (χ1) is 62.3. The van der Waals surface area contributed by atoms with Gasteiger partial charge in [0.1, 0.15) is 56.6 Å². The SMILES string of the molecule is CCCC[C@@H](Nc1nc(N)nc2cccnc12)C(CF)CC(C)=O.CCCC[C@@H](Nc1nc(N)nc2cccnc12)C(O)C(F)F.CCCC[C@@](C)(Nc1nc(N)nc2cc(F)cnc12)C(C)O.CCCC[C@@](C)(Nc1nc(N)nc2cc(F)cnc12)C(C)O.CCCC[C@](C)(CO)Nc1nc(N)nc2cccnc12.CCCC[C@](C)(Nc1nc(N)nc2cccnc12)C(C)O. The molecule has 0 saturated heterocycles. The zero-order chi connectivity index (χ0) is 96.3. The third kappa shape index (κ3) is 31.2. The minimum absolute atomic E-state index is 0.0174. The number of aliphatic hydroxyl groups is 5. The number of rotatable bonds is 40. The highest BCUT2D eigenvalue weighted by atomic mass is 19.3. The third-order valence-electron chi connectivity index (χ3n) is 22.3. The van der Waals surface area contributed by atoms with Crippen molar-refractivity contribution in [3.63, 3.8) is 0 Å². The number of nitrogen functional groups attached to an aromatic ring is 6. The number of halogens is 5. The van der Waals surface area contributed by atoms with Crippen LogP contribution in [0.4, 0.5) is 92.5 Å². The van der Waals surface area contributed by atoms with Crippen LogP contribution < -0.4 is 66.3 Å². The summed E-state index contributed by atoms with van der Waals surface area (Å²) in [5, 5.41) is 68.9. The second-order valence-corrected chi connectivity index (χ2v) is 33.5. The van der Waals surface area contributed by atoms with Gasteiger partial charge >= 0.3 is 0 Å². The average molecular weight is 1820 g/mol. The van der Waals surface area contributed by atoms with Gasteiger partial charge in [-0.05, 0) is 142 Å². The third-order valence-corrected chi connectivity index (χ3v) is 22.3. The van der Waals surface area contributed by atoms with Gasteiger partial charge in [-0.15, -0.1) is 0 Å². The van der Waals surface area contributed by atoms with E-state index in [1.807, 2.05) is 52.8 Å². The van der Waals surface area contributed by atoms with Crippen LogP contribution in [0.5, 0.6) is 0 Å². The average Bonchev–Trinajstić information content (AvgIpc) is 0.779. The number of fused-ring (bicyclic) bond motifs is 6. The molecule has 23 N–H and O–H groups in total. The topological polar surface area (TPSA) is 579 Å². The normalized spacial score (nSPS) is 14.8. The number of unbranched alkanes of at least 4 members (excludes halogenated alkanes) is 6. The van der Waals surface area contributed by atoms with Crippen LogP contribution in [0, 0.1) is 17.6 Å². The van der Waals surface area contributed by atoms with Crippen molar-refractivity contribution in [2.75, 3.05) is 79.6 Å². The molecule has 12 aromatic rings. The quantitative estimate of drug-likeness (QED) is 0.0159. The number of aromatic nitrogens is 18. The maximum atomic E-state index is 13.5. The maximum Gasteiger partial charge on any atom is 0.266 e. The molecule has 0 radical (unpaired) electrons. The molecular weight excluding hydrogens is 1690 g/mol. The number of aliphatic hydroxyl groups excluding tert-OH is 5. The number of nitrogens with zero attached hydrogens (tertiary/aromatic N) is 18. The Kier molecular flexibility index (Phi) is 40.9. The summed E-state index contributed by atoms with van der Waals surface area (Å²) in [5.41, 5.74) is 38.6. The van der Waals surface area contributed by atoms with Crippen LogP contribution in [-0.4, -0.2) is 199 Å². The van der Waals surface area contributed by atoms with Crippen LogP contribution in [0.15, 0.2) is 97.8 Å². The van der Waals surface area contributed by atoms with E-state index in [4.69, 9.17) is 34.4 Å². The number of Topliss-reactive ketones (excluding diaryl/α,β-unsaturated/α-hetero) is 1. The summed E-state index contributed by atoms with van der Waals surface area (Å²) in [6.45, 7) is 26.4. The molecule has 12 rings (SSSR count). The summed E-state index contributed by atoms with van der Waals surface area (Å²) in [4.78, 5) is 86.2. The molecular formula is C90H131F5N30O6. The monoisotopic (exact) mass is 1820 g/mol. The second-order valence-electron chi connectivity index (χ2n) is 33.5. The number of hydrogen-bond donors (Lipinski definition) is 17. The van der Waals surface area contributed by atoms with Crippen LogP contribution in [0.25, 0.3) is 66.2 Å². The van der Waals surface area contributed by atoms with Crippen molar-refractivity contribution in [3.8, 4) is 0 Å². The van der Waals surface area contributed by atoms with E-state index in [1.165, 1.54) is 19.1 Å². The zero-order valence-electron chi connectivity index (χ0n) is 77.3. The molecule has 712 valence electrons. The maximum absolute atomic E-state index is 13.5. The second kappa shape index (κ2) is 50.7. The van der Waals surface area contributed by atoms with Gasteiger partial charge in [0.2, 0.25) is 35.7 Å². The lowest BCUT2D eigenvalue weighted by Crippen LogP contribution is -2.45. The summed E-state index contributed by atoms with van der Waals surface area (Å²) >= 11 is 0. The summed E-state index contributed by atoms with van der Waals surface area (Å²) in [5.74, 6) is 1.91. The summed E-state index contributed by atoms with van der Waals surface area (Å²) in [6, 6.07) is 15.8. The summed E-state index contributed by atoms with van der Waals surface area (Å²) in [7, 11) is 0. The minimum atomic E-state index is -2.84. The molecule has 0 saturated carbocycles. The molecule has 12 heterocycles. The first kappa shape index (κ1) is 106. The van der Waals surface area contributed by atoms with Gasteiger partial charge in [0.25, 0.3) is 6.43 Å². The number of carbonyl (C=O) groups is 1. The number of anilines is 12. The first-order valence-corrected chi connectivity index (χ1v) is 44.4. The molecule has 0 fully saturated rings. The Morgan fingerprint density at radius 1 is 0.405 bits per heavy atom. The van der Waals surface area contributed by atoms with E-state index in [0.717, 1.165) is 115 Å². The van der Waals surface area contributed by atoms with Gasteiger partial charge in [-0.25, -0.2) is 57.4 Å². The predicted octanol–water partition coefficient (Wildman–Crippen LogP) is 14.6. The number of alkyl halides is 3. The fraction of sp³-hybridized carbons (Fsp3) is 0.522.